The number of methoxy groups -OCH3 is 2. The number of halogens is 1. The Bertz CT molecular complexity index is 1890. The minimum absolute atomic E-state index is 0.00252. The van der Waals surface area contributed by atoms with Gasteiger partial charge in [-0.3, -0.25) is 10.1 Å². The molecule has 5 rings (SSSR count). The molecule has 0 saturated carbocycles. The van der Waals surface area contributed by atoms with Gasteiger partial charge in [0.15, 0.2) is 6.61 Å². The van der Waals surface area contributed by atoms with Crippen LogP contribution in [0.4, 0.5) is 10.3 Å². The lowest BCUT2D eigenvalue weighted by Gasteiger charge is -2.26. The number of morpholine rings is 1. The van der Waals surface area contributed by atoms with E-state index in [4.69, 9.17) is 23.4 Å². The van der Waals surface area contributed by atoms with Crippen LogP contribution in [0.5, 0.6) is 11.5 Å². The molecule has 0 unspecified atom stereocenters. The molecule has 1 amide bonds. The van der Waals surface area contributed by atoms with E-state index in [1.165, 1.54) is 18.5 Å². The van der Waals surface area contributed by atoms with Gasteiger partial charge in [0.1, 0.15) is 34.7 Å². The molecule has 14 heteroatoms. The van der Waals surface area contributed by atoms with Crippen molar-refractivity contribution in [1.29, 1.82) is 5.26 Å². The van der Waals surface area contributed by atoms with Crippen molar-refractivity contribution < 1.29 is 45.8 Å². The van der Waals surface area contributed by atoms with E-state index in [2.05, 4.69) is 11.4 Å². The third-order valence-corrected chi connectivity index (χ3v) is 9.00. The number of benzene rings is 3. The summed E-state index contributed by atoms with van der Waals surface area (Å²) in [6.07, 6.45) is 0. The van der Waals surface area contributed by atoms with E-state index in [0.29, 0.717) is 28.2 Å². The molecule has 0 spiro atoms. The summed E-state index contributed by atoms with van der Waals surface area (Å²) in [6, 6.07) is 18.6. The van der Waals surface area contributed by atoms with Crippen molar-refractivity contribution in [2.24, 2.45) is 0 Å². The highest BCUT2D eigenvalue weighted by molar-refractivity contribution is 7.89. The van der Waals surface area contributed by atoms with E-state index in [9.17, 15) is 27.7 Å². The molecular weight excluding hydrogens is 621 g/mol. The Morgan fingerprint density at radius 1 is 0.957 bits per heavy atom. The maximum atomic E-state index is 14.6. The van der Waals surface area contributed by atoms with Crippen molar-refractivity contribution in [2.45, 2.75) is 4.90 Å². The Labute approximate surface area is 263 Å². The Morgan fingerprint density at radius 2 is 1.57 bits per heavy atom. The second kappa shape index (κ2) is 13.8. The third-order valence-electron chi connectivity index (χ3n) is 7.10. The molecule has 1 N–H and O–H groups in total. The molecule has 1 fully saturated rings. The molecule has 3 aromatic carbocycles. The number of sulfonamides is 1. The van der Waals surface area contributed by atoms with Gasteiger partial charge >= 0.3 is 5.97 Å². The van der Waals surface area contributed by atoms with Crippen LogP contribution in [-0.4, -0.2) is 71.7 Å². The molecular formula is C32H28FN3O9S. The number of hydrogen-bond donors (Lipinski definition) is 1. The number of furan rings is 1. The first-order valence-electron chi connectivity index (χ1n) is 13.9. The van der Waals surface area contributed by atoms with Gasteiger partial charge in [0.25, 0.3) is 5.91 Å². The summed E-state index contributed by atoms with van der Waals surface area (Å²) < 4.78 is 68.4. The van der Waals surface area contributed by atoms with Crippen molar-refractivity contribution in [1.82, 2.24) is 4.31 Å². The number of esters is 1. The maximum absolute atomic E-state index is 14.6. The Morgan fingerprint density at radius 3 is 2.15 bits per heavy atom. The van der Waals surface area contributed by atoms with Crippen LogP contribution in [0.15, 0.2) is 76.0 Å². The average molecular weight is 650 g/mol. The first-order valence-corrected chi connectivity index (χ1v) is 15.3. The fourth-order valence-corrected chi connectivity index (χ4v) is 6.17. The molecule has 1 aliphatic heterocycles. The first-order chi connectivity index (χ1) is 22.2. The first kappa shape index (κ1) is 32.2. The monoisotopic (exact) mass is 649 g/mol. The second-order valence-electron chi connectivity index (χ2n) is 9.86. The molecule has 0 bridgehead atoms. The fraction of sp³-hybridized carbons (Fsp3) is 0.219. The van der Waals surface area contributed by atoms with Crippen LogP contribution < -0.4 is 14.8 Å². The molecule has 238 valence electrons. The zero-order valence-electron chi connectivity index (χ0n) is 24.7. The molecule has 12 nitrogen and oxygen atoms in total. The molecule has 1 saturated heterocycles. The quantitative estimate of drug-likeness (QED) is 0.243. The van der Waals surface area contributed by atoms with Gasteiger partial charge in [-0.25, -0.2) is 17.6 Å². The van der Waals surface area contributed by atoms with E-state index in [0.717, 1.165) is 18.2 Å². The topological polar surface area (TPSA) is 157 Å². The summed E-state index contributed by atoms with van der Waals surface area (Å²) in [5, 5.41) is 12.6. The normalized spacial score (nSPS) is 13.4. The Kier molecular flexibility index (Phi) is 9.67. The molecule has 0 atom stereocenters. The number of nitriles is 1. The van der Waals surface area contributed by atoms with Crippen molar-refractivity contribution in [3.8, 4) is 40.0 Å². The molecule has 1 aromatic heterocycles. The minimum Gasteiger partial charge on any atom is -0.497 e. The van der Waals surface area contributed by atoms with Gasteiger partial charge in [-0.2, -0.15) is 9.57 Å². The van der Waals surface area contributed by atoms with Crippen molar-refractivity contribution in [2.75, 3.05) is 52.4 Å². The van der Waals surface area contributed by atoms with Crippen LogP contribution in [0, 0.1) is 17.1 Å². The van der Waals surface area contributed by atoms with Crippen LogP contribution in [0.2, 0.25) is 0 Å². The number of nitrogens with zero attached hydrogens (tertiary/aromatic N) is 2. The number of anilines is 1. The SMILES string of the molecule is COc1ccc(-c2oc(NC(=O)COC(=O)c3cc(S(=O)(=O)N4CCOCC4)ccc3F)c(C#N)c2-c2ccc(OC)cc2)cc1. The lowest BCUT2D eigenvalue weighted by Crippen LogP contribution is -2.40. The van der Waals surface area contributed by atoms with Gasteiger partial charge in [0.05, 0.1) is 37.9 Å². The van der Waals surface area contributed by atoms with Gasteiger partial charge in [0, 0.05) is 24.2 Å². The summed E-state index contributed by atoms with van der Waals surface area (Å²) in [5.74, 6) is -1.92. The van der Waals surface area contributed by atoms with Gasteiger partial charge in [-0.1, -0.05) is 12.1 Å². The summed E-state index contributed by atoms with van der Waals surface area (Å²) in [7, 11) is -0.979. The Balaban J connectivity index is 1.37. The number of ether oxygens (including phenoxy) is 4. The van der Waals surface area contributed by atoms with Crippen LogP contribution in [0.1, 0.15) is 15.9 Å². The molecule has 0 radical (unpaired) electrons. The molecule has 2 heterocycles. The maximum Gasteiger partial charge on any atom is 0.341 e. The van der Waals surface area contributed by atoms with Crippen LogP contribution in [0.25, 0.3) is 22.5 Å². The highest BCUT2D eigenvalue weighted by Gasteiger charge is 2.29. The van der Waals surface area contributed by atoms with E-state index < -0.39 is 39.9 Å². The summed E-state index contributed by atoms with van der Waals surface area (Å²) in [6.45, 7) is -0.261. The predicted molar refractivity (Wildman–Crippen MR) is 162 cm³/mol. The van der Waals surface area contributed by atoms with Gasteiger partial charge in [-0.05, 0) is 60.2 Å². The van der Waals surface area contributed by atoms with Crippen molar-refractivity contribution >= 4 is 27.8 Å². The number of amides is 1. The van der Waals surface area contributed by atoms with Crippen LogP contribution in [-0.2, 0) is 24.3 Å². The third kappa shape index (κ3) is 6.71. The number of carbonyl (C=O) groups is 2. The van der Waals surface area contributed by atoms with E-state index in [1.54, 1.807) is 48.5 Å². The van der Waals surface area contributed by atoms with E-state index in [-0.39, 0.29) is 48.4 Å². The molecule has 4 aromatic rings. The predicted octanol–water partition coefficient (Wildman–Crippen LogP) is 4.46. The van der Waals surface area contributed by atoms with Crippen molar-refractivity contribution in [3.05, 3.63) is 83.7 Å². The number of carbonyl (C=O) groups excluding carboxylic acids is 2. The smallest absolute Gasteiger partial charge is 0.341 e. The molecule has 0 aliphatic carbocycles. The van der Waals surface area contributed by atoms with Crippen molar-refractivity contribution in [3.63, 3.8) is 0 Å². The number of rotatable bonds is 10. The summed E-state index contributed by atoms with van der Waals surface area (Å²) >= 11 is 0. The van der Waals surface area contributed by atoms with Gasteiger partial charge < -0.3 is 23.4 Å². The number of nitrogens with one attached hydrogen (secondary N) is 1. The fourth-order valence-electron chi connectivity index (χ4n) is 4.73. The lowest BCUT2D eigenvalue weighted by molar-refractivity contribution is -0.119. The molecule has 46 heavy (non-hydrogen) atoms. The average Bonchev–Trinajstić information content (AvgIpc) is 3.45. The lowest BCUT2D eigenvalue weighted by atomic mass is 9.98. The zero-order chi connectivity index (χ0) is 32.8. The Hall–Kier alpha value is -5.23. The van der Waals surface area contributed by atoms with Gasteiger partial charge in [-0.15, -0.1) is 0 Å². The van der Waals surface area contributed by atoms with Gasteiger partial charge in [0.2, 0.25) is 15.9 Å². The molecule has 1 aliphatic rings. The number of hydrogen-bond acceptors (Lipinski definition) is 10. The highest BCUT2D eigenvalue weighted by atomic mass is 32.2. The summed E-state index contributed by atoms with van der Waals surface area (Å²) in [4.78, 5) is 25.4. The van der Waals surface area contributed by atoms with Crippen LogP contribution in [0.3, 0.4) is 0 Å². The second-order valence-corrected chi connectivity index (χ2v) is 11.8. The largest absolute Gasteiger partial charge is 0.497 e. The summed E-state index contributed by atoms with van der Waals surface area (Å²) in [5.41, 5.74) is 0.908. The standard InChI is InChI=1S/C32H28FN3O9S/c1-41-22-7-3-20(4-8-22)29-26(18-34)31(45-30(29)21-5-9-23(42-2)10-6-21)35-28(37)19-44-32(38)25-17-24(11-12-27(25)33)46(39,40)36-13-15-43-16-14-36/h3-12,17H,13-16,19H2,1-2H3,(H,35,37). The van der Waals surface area contributed by atoms with Crippen LogP contribution >= 0.6 is 0 Å². The van der Waals surface area contributed by atoms with E-state index >= 15 is 0 Å². The zero-order valence-corrected chi connectivity index (χ0v) is 25.6. The minimum atomic E-state index is -4.03. The van der Waals surface area contributed by atoms with E-state index in [1.807, 2.05) is 0 Å². The highest BCUT2D eigenvalue weighted by Crippen LogP contribution is 2.42.